The van der Waals surface area contributed by atoms with Gasteiger partial charge in [-0.25, -0.2) is 4.98 Å². The van der Waals surface area contributed by atoms with Crippen molar-refractivity contribution in [2.24, 2.45) is 0 Å². The predicted molar refractivity (Wildman–Crippen MR) is 96.6 cm³/mol. The number of hydrogen-bond donors (Lipinski definition) is 2. The lowest BCUT2D eigenvalue weighted by atomic mass is 9.97. The van der Waals surface area contributed by atoms with Crippen LogP contribution in [0.15, 0.2) is 34.2 Å². The van der Waals surface area contributed by atoms with Gasteiger partial charge in [0.25, 0.3) is 5.56 Å². The van der Waals surface area contributed by atoms with Crippen LogP contribution in [-0.4, -0.2) is 21.1 Å². The molecule has 0 spiro atoms. The molecule has 1 amide bonds. The van der Waals surface area contributed by atoms with E-state index in [1.54, 1.807) is 31.2 Å². The van der Waals surface area contributed by atoms with Crippen LogP contribution in [0.2, 0.25) is 0 Å². The van der Waals surface area contributed by atoms with Crippen molar-refractivity contribution < 1.29 is 4.79 Å². The molecule has 25 heavy (non-hydrogen) atoms. The Balaban J connectivity index is 1.73. The van der Waals surface area contributed by atoms with Crippen LogP contribution in [-0.2, 0) is 17.6 Å². The van der Waals surface area contributed by atoms with E-state index in [1.165, 1.54) is 11.8 Å². The van der Waals surface area contributed by atoms with Crippen molar-refractivity contribution in [1.29, 1.82) is 5.26 Å². The Labute approximate surface area is 149 Å². The van der Waals surface area contributed by atoms with Crippen LogP contribution >= 0.6 is 11.8 Å². The van der Waals surface area contributed by atoms with Gasteiger partial charge in [-0.1, -0.05) is 23.9 Å². The van der Waals surface area contributed by atoms with Crippen molar-refractivity contribution in [3.63, 3.8) is 0 Å². The molecule has 0 saturated carbocycles. The maximum atomic E-state index is 12.4. The van der Waals surface area contributed by atoms with Gasteiger partial charge in [-0.3, -0.25) is 9.59 Å². The molecule has 1 aromatic carbocycles. The molecular weight excluding hydrogens is 336 g/mol. The Kier molecular flexibility index (Phi) is 5.19. The number of aryl methyl sites for hydroxylation is 1. The first-order valence-corrected chi connectivity index (χ1v) is 9.05. The number of nitriles is 1. The number of rotatable bonds is 4. The summed E-state index contributed by atoms with van der Waals surface area (Å²) in [7, 11) is 0. The van der Waals surface area contributed by atoms with Gasteiger partial charge in [-0.05, 0) is 44.7 Å². The summed E-state index contributed by atoms with van der Waals surface area (Å²) in [6.45, 7) is 1.74. The summed E-state index contributed by atoms with van der Waals surface area (Å²) in [4.78, 5) is 31.8. The van der Waals surface area contributed by atoms with Crippen LogP contribution < -0.4 is 10.9 Å². The predicted octanol–water partition coefficient (Wildman–Crippen LogP) is 2.64. The van der Waals surface area contributed by atoms with Crippen molar-refractivity contribution in [2.75, 3.05) is 5.32 Å². The third-order valence-electron chi connectivity index (χ3n) is 4.13. The van der Waals surface area contributed by atoms with Gasteiger partial charge in [0.05, 0.1) is 22.2 Å². The number of nitrogens with one attached hydrogen (secondary N) is 2. The van der Waals surface area contributed by atoms with E-state index >= 15 is 0 Å². The smallest absolute Gasteiger partial charge is 0.254 e. The SMILES string of the molecule is C[C@H](Sc1nc2c(c(=O)[nH]1)CCCC2)C(=O)Nc1ccccc1C#N. The van der Waals surface area contributed by atoms with Crippen molar-refractivity contribution in [2.45, 2.75) is 43.0 Å². The molecule has 128 valence electrons. The topological polar surface area (TPSA) is 98.6 Å². The van der Waals surface area contributed by atoms with E-state index in [0.717, 1.165) is 36.9 Å². The molecule has 1 heterocycles. The third-order valence-corrected chi connectivity index (χ3v) is 5.12. The molecule has 0 unspecified atom stereocenters. The standard InChI is InChI=1S/C18H18N4O2S/c1-11(16(23)20-14-8-4-2-6-12(14)10-19)25-18-21-15-9-5-3-7-13(15)17(24)22-18/h2,4,6,8,11H,3,5,7,9H2,1H3,(H,20,23)(H,21,22,24)/t11-/m0/s1. The van der Waals surface area contributed by atoms with Gasteiger partial charge in [-0.15, -0.1) is 0 Å². The second-order valence-corrected chi connectivity index (χ2v) is 7.24. The highest BCUT2D eigenvalue weighted by molar-refractivity contribution is 8.00. The minimum Gasteiger partial charge on any atom is -0.324 e. The van der Waals surface area contributed by atoms with Gasteiger partial charge in [0, 0.05) is 5.56 Å². The molecule has 0 radical (unpaired) electrons. The van der Waals surface area contributed by atoms with Crippen LogP contribution in [0.5, 0.6) is 0 Å². The molecular formula is C18H18N4O2S. The molecule has 3 rings (SSSR count). The maximum absolute atomic E-state index is 12.4. The molecule has 2 aromatic rings. The van der Waals surface area contributed by atoms with E-state index in [0.29, 0.717) is 16.4 Å². The van der Waals surface area contributed by atoms with Crippen LogP contribution in [0.4, 0.5) is 5.69 Å². The molecule has 7 heteroatoms. The Morgan fingerprint density at radius 3 is 2.92 bits per heavy atom. The van der Waals surface area contributed by atoms with Crippen molar-refractivity contribution in [3.8, 4) is 6.07 Å². The zero-order chi connectivity index (χ0) is 17.8. The Morgan fingerprint density at radius 1 is 1.36 bits per heavy atom. The number of fused-ring (bicyclic) bond motifs is 1. The number of para-hydroxylation sites is 1. The first kappa shape index (κ1) is 17.2. The zero-order valence-corrected chi connectivity index (χ0v) is 14.7. The second kappa shape index (κ2) is 7.53. The lowest BCUT2D eigenvalue weighted by molar-refractivity contribution is -0.115. The highest BCUT2D eigenvalue weighted by Crippen LogP contribution is 2.23. The van der Waals surface area contributed by atoms with Gasteiger partial charge in [0.2, 0.25) is 5.91 Å². The average molecular weight is 354 g/mol. The van der Waals surface area contributed by atoms with Gasteiger partial charge in [0.15, 0.2) is 5.16 Å². The average Bonchev–Trinajstić information content (AvgIpc) is 2.62. The summed E-state index contributed by atoms with van der Waals surface area (Å²) >= 11 is 1.21. The first-order chi connectivity index (χ1) is 12.1. The van der Waals surface area contributed by atoms with E-state index in [4.69, 9.17) is 5.26 Å². The number of anilines is 1. The van der Waals surface area contributed by atoms with Crippen LogP contribution in [0, 0.1) is 11.3 Å². The fourth-order valence-electron chi connectivity index (χ4n) is 2.78. The largest absolute Gasteiger partial charge is 0.324 e. The number of carbonyl (C=O) groups excluding carboxylic acids is 1. The minimum absolute atomic E-state index is 0.102. The number of aromatic amines is 1. The second-order valence-electron chi connectivity index (χ2n) is 5.91. The van der Waals surface area contributed by atoms with E-state index in [1.807, 2.05) is 6.07 Å². The summed E-state index contributed by atoms with van der Waals surface area (Å²) in [5.41, 5.74) is 2.41. The minimum atomic E-state index is -0.462. The normalized spacial score (nSPS) is 14.2. The molecule has 1 aliphatic carbocycles. The van der Waals surface area contributed by atoms with E-state index in [-0.39, 0.29) is 11.5 Å². The summed E-state index contributed by atoms with van der Waals surface area (Å²) in [6.07, 6.45) is 3.63. The molecule has 0 fully saturated rings. The quantitative estimate of drug-likeness (QED) is 0.650. The molecule has 0 aliphatic heterocycles. The fourth-order valence-corrected chi connectivity index (χ4v) is 3.60. The molecule has 0 saturated heterocycles. The number of aromatic nitrogens is 2. The number of thioether (sulfide) groups is 1. The third kappa shape index (κ3) is 3.91. The van der Waals surface area contributed by atoms with Crippen LogP contribution in [0.3, 0.4) is 0 Å². The lowest BCUT2D eigenvalue weighted by Crippen LogP contribution is -2.25. The fraction of sp³-hybridized carbons (Fsp3) is 0.333. The highest BCUT2D eigenvalue weighted by atomic mass is 32.2. The molecule has 0 bridgehead atoms. The Morgan fingerprint density at radius 2 is 2.12 bits per heavy atom. The number of amides is 1. The highest BCUT2D eigenvalue weighted by Gasteiger charge is 2.20. The van der Waals surface area contributed by atoms with Crippen LogP contribution in [0.25, 0.3) is 0 Å². The molecule has 1 aromatic heterocycles. The van der Waals surface area contributed by atoms with Crippen LogP contribution in [0.1, 0.15) is 36.6 Å². The number of benzene rings is 1. The summed E-state index contributed by atoms with van der Waals surface area (Å²) in [6, 6.07) is 8.89. The summed E-state index contributed by atoms with van der Waals surface area (Å²) in [5.74, 6) is -0.243. The zero-order valence-electron chi connectivity index (χ0n) is 13.8. The molecule has 1 aliphatic rings. The number of hydrogen-bond acceptors (Lipinski definition) is 5. The molecule has 2 N–H and O–H groups in total. The van der Waals surface area contributed by atoms with Crippen molar-refractivity contribution in [1.82, 2.24) is 9.97 Å². The van der Waals surface area contributed by atoms with Gasteiger partial charge >= 0.3 is 0 Å². The van der Waals surface area contributed by atoms with Gasteiger partial charge < -0.3 is 10.3 Å². The molecule has 6 nitrogen and oxygen atoms in total. The Bertz CT molecular complexity index is 901. The maximum Gasteiger partial charge on any atom is 0.254 e. The van der Waals surface area contributed by atoms with E-state index in [2.05, 4.69) is 15.3 Å². The number of H-pyrrole nitrogens is 1. The van der Waals surface area contributed by atoms with Crippen molar-refractivity contribution in [3.05, 3.63) is 51.4 Å². The summed E-state index contributed by atoms with van der Waals surface area (Å²) < 4.78 is 0. The van der Waals surface area contributed by atoms with Gasteiger partial charge in [-0.2, -0.15) is 5.26 Å². The monoisotopic (exact) mass is 354 g/mol. The summed E-state index contributed by atoms with van der Waals surface area (Å²) in [5, 5.41) is 11.8. The van der Waals surface area contributed by atoms with E-state index < -0.39 is 5.25 Å². The lowest BCUT2D eigenvalue weighted by Gasteiger charge is -2.16. The number of nitrogens with zero attached hydrogens (tertiary/aromatic N) is 2. The Hall–Kier alpha value is -2.59. The molecule has 1 atom stereocenters. The first-order valence-electron chi connectivity index (χ1n) is 8.17. The number of carbonyl (C=O) groups is 1. The van der Waals surface area contributed by atoms with Gasteiger partial charge in [0.1, 0.15) is 6.07 Å². The van der Waals surface area contributed by atoms with E-state index in [9.17, 15) is 9.59 Å². The van der Waals surface area contributed by atoms with Crippen molar-refractivity contribution >= 4 is 23.4 Å².